The van der Waals surface area contributed by atoms with Crippen molar-refractivity contribution in [2.24, 2.45) is 0 Å². The predicted octanol–water partition coefficient (Wildman–Crippen LogP) is 6.82. The Hall–Kier alpha value is -3.36. The third-order valence-electron chi connectivity index (χ3n) is 5.11. The van der Waals surface area contributed by atoms with Gasteiger partial charge in [0.05, 0.1) is 32.4 Å². The lowest BCUT2D eigenvalue weighted by atomic mass is 10.1. The van der Waals surface area contributed by atoms with Gasteiger partial charge in [0.1, 0.15) is 5.82 Å². The summed E-state index contributed by atoms with van der Waals surface area (Å²) in [5.41, 5.74) is 0.597. The number of pyridine rings is 1. The molecule has 1 amide bonds. The summed E-state index contributed by atoms with van der Waals surface area (Å²) in [4.78, 5) is 25.7. The van der Waals surface area contributed by atoms with Crippen LogP contribution < -0.4 is 5.32 Å². The normalized spacial score (nSPS) is 11.6. The first-order valence-corrected chi connectivity index (χ1v) is 10.6. The molecule has 2 aromatic heterocycles. The Morgan fingerprint density at radius 3 is 2.21 bits per heavy atom. The van der Waals surface area contributed by atoms with Gasteiger partial charge in [-0.15, -0.1) is 0 Å². The molecule has 0 spiro atoms. The van der Waals surface area contributed by atoms with Gasteiger partial charge in [0.25, 0.3) is 11.7 Å². The van der Waals surface area contributed by atoms with E-state index in [2.05, 4.69) is 5.32 Å². The number of alkyl halides is 3. The maximum Gasteiger partial charge on any atom is 0.416 e. The number of hydrogen-bond donors (Lipinski definition) is 1. The van der Waals surface area contributed by atoms with Crippen molar-refractivity contribution in [1.82, 2.24) is 4.40 Å². The fourth-order valence-corrected chi connectivity index (χ4v) is 4.08. The van der Waals surface area contributed by atoms with Gasteiger partial charge in [0.15, 0.2) is 0 Å². The van der Waals surface area contributed by atoms with Gasteiger partial charge >= 0.3 is 6.18 Å². The van der Waals surface area contributed by atoms with Gasteiger partial charge in [-0.1, -0.05) is 41.4 Å². The number of nitrogens with zero attached hydrogens (tertiary/aromatic N) is 1. The molecule has 0 bridgehead atoms. The first kappa shape index (κ1) is 23.8. The maximum absolute atomic E-state index is 13.2. The molecule has 4 aromatic rings. The fourth-order valence-electron chi connectivity index (χ4n) is 3.50. The molecule has 2 heterocycles. The van der Waals surface area contributed by atoms with Gasteiger partial charge in [-0.05, 0) is 48.0 Å². The third-order valence-corrected chi connectivity index (χ3v) is 5.71. The van der Waals surface area contributed by atoms with Crippen molar-refractivity contribution < 1.29 is 27.2 Å². The van der Waals surface area contributed by atoms with Gasteiger partial charge < -0.3 is 9.72 Å². The van der Waals surface area contributed by atoms with Gasteiger partial charge in [0.2, 0.25) is 0 Å². The van der Waals surface area contributed by atoms with Crippen molar-refractivity contribution in [2.45, 2.75) is 12.6 Å². The smallest absolute Gasteiger partial charge is 0.320 e. The molecule has 0 aliphatic carbocycles. The Balaban J connectivity index is 1.64. The molecular weight excluding hydrogens is 495 g/mol. The van der Waals surface area contributed by atoms with E-state index in [9.17, 15) is 27.2 Å². The Morgan fingerprint density at radius 2 is 1.59 bits per heavy atom. The van der Waals surface area contributed by atoms with Crippen LogP contribution in [0.25, 0.3) is 5.52 Å². The number of halogens is 6. The van der Waals surface area contributed by atoms with E-state index in [1.54, 1.807) is 40.9 Å². The Bertz CT molecular complexity index is 1390. The van der Waals surface area contributed by atoms with Crippen molar-refractivity contribution in [3.8, 4) is 0 Å². The Kier molecular flexibility index (Phi) is 6.38. The summed E-state index contributed by atoms with van der Waals surface area (Å²) in [5.74, 6) is -2.42. The number of amides is 1. The van der Waals surface area contributed by atoms with Crippen LogP contribution in [0.3, 0.4) is 0 Å². The summed E-state index contributed by atoms with van der Waals surface area (Å²) in [6.45, 7) is 0. The third kappa shape index (κ3) is 4.78. The van der Waals surface area contributed by atoms with Crippen molar-refractivity contribution >= 4 is 46.1 Å². The quantitative estimate of drug-likeness (QED) is 0.183. The molecule has 0 aliphatic heterocycles. The van der Waals surface area contributed by atoms with E-state index in [1.165, 1.54) is 18.2 Å². The Morgan fingerprint density at radius 1 is 0.941 bits per heavy atom. The number of ketones is 1. The van der Waals surface area contributed by atoms with E-state index in [4.69, 9.17) is 23.2 Å². The van der Waals surface area contributed by atoms with E-state index in [0.717, 1.165) is 5.56 Å². The minimum absolute atomic E-state index is 0.0781. The number of nitrogens with one attached hydrogen (secondary N) is 1. The molecule has 4 nitrogen and oxygen atoms in total. The molecular formula is C24H14Cl2F4N2O2. The average Bonchev–Trinajstić information content (AvgIpc) is 3.14. The van der Waals surface area contributed by atoms with Crippen molar-refractivity contribution in [3.63, 3.8) is 0 Å². The highest BCUT2D eigenvalue weighted by Gasteiger charge is 2.32. The molecule has 4 rings (SSSR count). The number of anilines is 1. The highest BCUT2D eigenvalue weighted by Crippen LogP contribution is 2.38. The van der Waals surface area contributed by atoms with Gasteiger partial charge in [-0.3, -0.25) is 9.59 Å². The topological polar surface area (TPSA) is 50.6 Å². The SMILES string of the molecule is O=C(Nc1c(Cl)cc(C(F)(F)F)cc1Cl)C(=O)c1cc(Cc2ccc(F)cc2)n2ccccc12. The standard InChI is InChI=1S/C24H14Cl2F4N2O2/c25-18-10-14(24(28,29)30)11-19(26)21(18)31-23(34)22(33)17-12-16(32-8-2-1-3-20(17)32)9-13-4-6-15(27)7-5-13/h1-8,10-12H,9H2,(H,31,34). The van der Waals surface area contributed by atoms with E-state index in [-0.39, 0.29) is 17.1 Å². The van der Waals surface area contributed by atoms with Crippen molar-refractivity contribution in [1.29, 1.82) is 0 Å². The van der Waals surface area contributed by atoms with Crippen LogP contribution in [0.4, 0.5) is 23.2 Å². The van der Waals surface area contributed by atoms with E-state index in [0.29, 0.717) is 29.8 Å². The molecule has 1 N–H and O–H groups in total. The van der Waals surface area contributed by atoms with Crippen LogP contribution in [-0.4, -0.2) is 16.1 Å². The van der Waals surface area contributed by atoms with Crippen molar-refractivity contribution in [3.05, 3.63) is 105 Å². The van der Waals surface area contributed by atoms with E-state index < -0.39 is 33.5 Å². The molecule has 34 heavy (non-hydrogen) atoms. The predicted molar refractivity (Wildman–Crippen MR) is 121 cm³/mol. The zero-order valence-corrected chi connectivity index (χ0v) is 18.6. The minimum Gasteiger partial charge on any atom is -0.320 e. The Labute approximate surface area is 200 Å². The lowest BCUT2D eigenvalue weighted by Crippen LogP contribution is -2.23. The summed E-state index contributed by atoms with van der Waals surface area (Å²) in [5, 5.41) is 1.30. The largest absolute Gasteiger partial charge is 0.416 e. The van der Waals surface area contributed by atoms with Crippen LogP contribution >= 0.6 is 23.2 Å². The summed E-state index contributed by atoms with van der Waals surface area (Å²) < 4.78 is 53.8. The highest BCUT2D eigenvalue weighted by atomic mass is 35.5. The minimum atomic E-state index is -4.68. The molecule has 10 heteroatoms. The molecule has 0 saturated carbocycles. The first-order valence-electron chi connectivity index (χ1n) is 9.80. The fraction of sp³-hybridized carbons (Fsp3) is 0.0833. The highest BCUT2D eigenvalue weighted by molar-refractivity contribution is 6.49. The van der Waals surface area contributed by atoms with Gasteiger partial charge in [-0.25, -0.2) is 4.39 Å². The first-order chi connectivity index (χ1) is 16.0. The second-order valence-electron chi connectivity index (χ2n) is 7.40. The summed E-state index contributed by atoms with van der Waals surface area (Å²) in [7, 11) is 0. The number of hydrogen-bond acceptors (Lipinski definition) is 2. The summed E-state index contributed by atoms with van der Waals surface area (Å²) in [6, 6.07) is 13.7. The van der Waals surface area contributed by atoms with Crippen LogP contribution in [0.1, 0.15) is 27.2 Å². The maximum atomic E-state index is 13.2. The van der Waals surface area contributed by atoms with Crippen LogP contribution in [-0.2, 0) is 17.4 Å². The molecule has 174 valence electrons. The zero-order valence-electron chi connectivity index (χ0n) is 17.1. The second kappa shape index (κ2) is 9.12. The number of carbonyl (C=O) groups is 2. The number of carbonyl (C=O) groups excluding carboxylic acids is 2. The zero-order chi connectivity index (χ0) is 24.6. The molecule has 0 unspecified atom stereocenters. The van der Waals surface area contributed by atoms with Crippen molar-refractivity contribution in [2.75, 3.05) is 5.32 Å². The summed E-state index contributed by atoms with van der Waals surface area (Å²) in [6.07, 6.45) is -2.61. The lowest BCUT2D eigenvalue weighted by molar-refractivity contribution is -0.137. The number of benzene rings is 2. The van der Waals surface area contributed by atoms with E-state index >= 15 is 0 Å². The monoisotopic (exact) mass is 508 g/mol. The number of Topliss-reactive ketones (excluding diaryl/α,β-unsaturated/α-hetero) is 1. The average molecular weight is 509 g/mol. The molecule has 0 radical (unpaired) electrons. The lowest BCUT2D eigenvalue weighted by Gasteiger charge is -2.12. The molecule has 0 aliphatic rings. The van der Waals surface area contributed by atoms with E-state index in [1.807, 2.05) is 0 Å². The molecule has 2 aromatic carbocycles. The molecule has 0 saturated heterocycles. The number of fused-ring (bicyclic) bond motifs is 1. The summed E-state index contributed by atoms with van der Waals surface area (Å²) >= 11 is 11.8. The second-order valence-corrected chi connectivity index (χ2v) is 8.22. The van der Waals surface area contributed by atoms with Gasteiger partial charge in [-0.2, -0.15) is 13.2 Å². The van der Waals surface area contributed by atoms with Crippen LogP contribution in [0.5, 0.6) is 0 Å². The van der Waals surface area contributed by atoms with Gasteiger partial charge in [0, 0.05) is 18.3 Å². The van der Waals surface area contributed by atoms with Crippen LogP contribution in [0.15, 0.2) is 66.9 Å². The van der Waals surface area contributed by atoms with Crippen LogP contribution in [0, 0.1) is 5.82 Å². The van der Waals surface area contributed by atoms with Crippen LogP contribution in [0.2, 0.25) is 10.0 Å². The molecule has 0 fully saturated rings. The number of rotatable bonds is 5. The number of aromatic nitrogens is 1. The molecule has 0 atom stereocenters.